The van der Waals surface area contributed by atoms with E-state index in [2.05, 4.69) is 13.8 Å². The van der Waals surface area contributed by atoms with E-state index in [0.29, 0.717) is 0 Å². The molecule has 282 valence electrons. The van der Waals surface area contributed by atoms with E-state index in [1.807, 2.05) is 0 Å². The molecule has 2 heterocycles. The number of esters is 1. The van der Waals surface area contributed by atoms with Crippen LogP contribution in [0.5, 0.6) is 11.5 Å². The Morgan fingerprint density at radius 3 is 1.29 bits per heavy atom. The lowest BCUT2D eigenvalue weighted by Crippen LogP contribution is -2.41. The molecule has 51 heavy (non-hydrogen) atoms. The Balaban J connectivity index is 2.02. The maximum atomic E-state index is 15.3. The van der Waals surface area contributed by atoms with Crippen molar-refractivity contribution in [1.82, 2.24) is 0 Å². The van der Waals surface area contributed by atoms with Gasteiger partial charge in [-0.05, 0) is 123 Å². The highest BCUT2D eigenvalue weighted by atomic mass is 32.2. The second-order valence-corrected chi connectivity index (χ2v) is 17.4. The van der Waals surface area contributed by atoms with Crippen LogP contribution in [0.25, 0.3) is 0 Å². The first-order valence-electron chi connectivity index (χ1n) is 15.8. The van der Waals surface area contributed by atoms with Crippen molar-refractivity contribution in [3.05, 3.63) is 36.4 Å². The number of hydrogen-bond donors (Lipinski definition) is 0. The molecule has 0 unspecified atom stereocenters. The fourth-order valence-electron chi connectivity index (χ4n) is 4.93. The van der Waals surface area contributed by atoms with Crippen LogP contribution in [0.2, 0.25) is 0 Å². The van der Waals surface area contributed by atoms with E-state index in [9.17, 15) is 31.1 Å². The minimum atomic E-state index is -5.22. The van der Waals surface area contributed by atoms with E-state index < -0.39 is 98.5 Å². The molecule has 0 N–H and O–H groups in total. The average Bonchev–Trinajstić information content (AvgIpc) is 3.28. The van der Waals surface area contributed by atoms with Gasteiger partial charge in [0.2, 0.25) is 0 Å². The van der Waals surface area contributed by atoms with Crippen LogP contribution in [0.15, 0.2) is 50.6 Å². The molecule has 2 aliphatic rings. The maximum absolute atomic E-state index is 15.3. The van der Waals surface area contributed by atoms with Gasteiger partial charge < -0.3 is 32.8 Å². The fourth-order valence-corrected chi connectivity index (χ4v) is 6.93. The van der Waals surface area contributed by atoms with Crippen LogP contribution in [-0.4, -0.2) is 71.7 Å². The monoisotopic (exact) mass is 751 g/mol. The zero-order valence-corrected chi connectivity index (χ0v) is 30.9. The Morgan fingerprint density at radius 1 is 0.667 bits per heavy atom. The first-order chi connectivity index (χ1) is 22.8. The molecule has 2 aromatic rings. The van der Waals surface area contributed by atoms with Gasteiger partial charge in [0.15, 0.2) is 0 Å². The molecular weight excluding hydrogens is 710 g/mol. The molecule has 2 fully saturated rings. The number of hydrogen-bond acceptors (Lipinski definition) is 10. The molecule has 0 saturated carbocycles. The van der Waals surface area contributed by atoms with Crippen LogP contribution < -0.4 is 20.4 Å². The van der Waals surface area contributed by atoms with Crippen LogP contribution in [0, 0.1) is 0 Å². The summed E-state index contributed by atoms with van der Waals surface area (Å²) >= 11 is 0. The molecule has 2 aromatic carbocycles. The van der Waals surface area contributed by atoms with Crippen molar-refractivity contribution in [1.29, 1.82) is 0 Å². The molecule has 0 aromatic heterocycles. The summed E-state index contributed by atoms with van der Waals surface area (Å²) < 4.78 is 139. The van der Waals surface area contributed by atoms with Crippen molar-refractivity contribution in [2.45, 2.75) is 127 Å². The minimum Gasteiger partial charge on any atom is -0.459 e. The number of nitrogens with zero attached hydrogens (tertiary/aromatic N) is 1. The SMILES string of the molecule is CC(C)(C)OC(=O)CN=S(=O)(c1cc(OC(F)(F)F)cc(B2OC(C)(C)C(C)(C)O2)c1)c1cc(OC(F)(F)F)cc(B2OC(C)(C)C(C)(C)O2)c1. The maximum Gasteiger partial charge on any atom is 0.573 e. The second-order valence-electron chi connectivity index (χ2n) is 15.1. The third-order valence-electron chi connectivity index (χ3n) is 8.76. The Bertz CT molecular complexity index is 1640. The van der Waals surface area contributed by atoms with Gasteiger partial charge in [-0.3, -0.25) is 4.79 Å². The standard InChI is InChI=1S/C32H41B2F6NO9S/c1-26(2,3)46-25(42)18-41-51(43,23-14-19(12-21(16-23)44-31(35,36)37)33-47-27(4,5)28(6,7)48-33)24-15-20(13-22(17-24)45-32(38,39)40)34-49-29(8,9)30(10,11)50-34/h12-17H,18H2,1-11H3. The fraction of sp³-hybridized carbons (Fsp3) is 0.594. The van der Waals surface area contributed by atoms with Crippen molar-refractivity contribution < 1.29 is 68.2 Å². The molecule has 0 bridgehead atoms. The van der Waals surface area contributed by atoms with Gasteiger partial charge in [0.1, 0.15) is 33.4 Å². The molecule has 0 aliphatic carbocycles. The van der Waals surface area contributed by atoms with Crippen LogP contribution in [0.3, 0.4) is 0 Å². The van der Waals surface area contributed by atoms with E-state index in [1.165, 1.54) is 0 Å². The van der Waals surface area contributed by atoms with Crippen molar-refractivity contribution in [3.8, 4) is 11.5 Å². The summed E-state index contributed by atoms with van der Waals surface area (Å²) in [4.78, 5) is 11.9. The van der Waals surface area contributed by atoms with Gasteiger partial charge in [0, 0.05) is 0 Å². The van der Waals surface area contributed by atoms with Gasteiger partial charge in [-0.15, -0.1) is 26.3 Å². The lowest BCUT2D eigenvalue weighted by atomic mass is 9.79. The van der Waals surface area contributed by atoms with Gasteiger partial charge in [0.05, 0.1) is 32.2 Å². The first-order valence-corrected chi connectivity index (χ1v) is 17.3. The summed E-state index contributed by atoms with van der Waals surface area (Å²) in [7, 11) is -6.98. The third kappa shape index (κ3) is 9.52. The summed E-state index contributed by atoms with van der Waals surface area (Å²) in [6, 6.07) is 5.78. The van der Waals surface area contributed by atoms with Crippen LogP contribution in [0.1, 0.15) is 76.2 Å². The number of carbonyl (C=O) groups is 1. The highest BCUT2D eigenvalue weighted by Crippen LogP contribution is 2.40. The van der Waals surface area contributed by atoms with Crippen molar-refractivity contribution in [3.63, 3.8) is 0 Å². The predicted octanol–water partition coefficient (Wildman–Crippen LogP) is 6.31. The number of ether oxygens (including phenoxy) is 3. The number of rotatable bonds is 8. The quantitative estimate of drug-likeness (QED) is 0.174. The van der Waals surface area contributed by atoms with Crippen LogP contribution in [0.4, 0.5) is 26.3 Å². The van der Waals surface area contributed by atoms with E-state index >= 15 is 4.21 Å². The number of alkyl halides is 6. The second kappa shape index (κ2) is 13.1. The van der Waals surface area contributed by atoms with E-state index in [1.54, 1.807) is 76.2 Å². The van der Waals surface area contributed by atoms with Gasteiger partial charge in [0.25, 0.3) is 0 Å². The van der Waals surface area contributed by atoms with Gasteiger partial charge in [-0.2, -0.15) is 0 Å². The van der Waals surface area contributed by atoms with Gasteiger partial charge in [-0.25, -0.2) is 8.57 Å². The van der Waals surface area contributed by atoms with Crippen molar-refractivity contribution >= 4 is 40.9 Å². The van der Waals surface area contributed by atoms with Crippen LogP contribution >= 0.6 is 0 Å². The summed E-state index contributed by atoms with van der Waals surface area (Å²) in [6.45, 7) is 17.4. The Kier molecular flexibility index (Phi) is 10.5. The zero-order valence-electron chi connectivity index (χ0n) is 30.1. The van der Waals surface area contributed by atoms with Crippen molar-refractivity contribution in [2.75, 3.05) is 6.54 Å². The molecular formula is C32H41B2F6NO9S. The molecule has 0 amide bonds. The Hall–Kier alpha value is -2.99. The molecule has 2 saturated heterocycles. The van der Waals surface area contributed by atoms with Crippen LogP contribution in [-0.2, 0) is 37.9 Å². The largest absolute Gasteiger partial charge is 0.573 e. The predicted molar refractivity (Wildman–Crippen MR) is 175 cm³/mol. The molecule has 10 nitrogen and oxygen atoms in total. The molecule has 2 aliphatic heterocycles. The zero-order chi connectivity index (χ0) is 38.8. The van der Waals surface area contributed by atoms with Crippen molar-refractivity contribution in [2.24, 2.45) is 4.36 Å². The minimum absolute atomic E-state index is 0.0838. The topological polar surface area (TPSA) is 111 Å². The molecule has 4 rings (SSSR count). The normalized spacial score (nSPS) is 19.9. The summed E-state index contributed by atoms with van der Waals surface area (Å²) in [5.74, 6) is -2.70. The highest BCUT2D eigenvalue weighted by Gasteiger charge is 2.53. The molecule has 0 atom stereocenters. The van der Waals surface area contributed by atoms with Gasteiger partial charge >= 0.3 is 32.9 Å². The Morgan fingerprint density at radius 2 is 1.00 bits per heavy atom. The average molecular weight is 751 g/mol. The number of halogens is 6. The smallest absolute Gasteiger partial charge is 0.459 e. The van der Waals surface area contributed by atoms with E-state index in [-0.39, 0.29) is 10.9 Å². The van der Waals surface area contributed by atoms with E-state index in [4.69, 9.17) is 23.4 Å². The lowest BCUT2D eigenvalue weighted by molar-refractivity contribution is -0.275. The van der Waals surface area contributed by atoms with E-state index in [0.717, 1.165) is 36.4 Å². The lowest BCUT2D eigenvalue weighted by Gasteiger charge is -2.32. The third-order valence-corrected chi connectivity index (χ3v) is 11.0. The Labute approximate surface area is 294 Å². The summed E-state index contributed by atoms with van der Waals surface area (Å²) in [6.07, 6.45) is -10.4. The summed E-state index contributed by atoms with van der Waals surface area (Å²) in [5, 5.41) is 0. The molecule has 0 radical (unpaired) electrons. The summed E-state index contributed by atoms with van der Waals surface area (Å²) in [5.41, 5.74) is -5.00. The van der Waals surface area contributed by atoms with Gasteiger partial charge in [-0.1, -0.05) is 0 Å². The molecule has 0 spiro atoms. The number of carbonyl (C=O) groups excluding carboxylic acids is 1. The first kappa shape index (κ1) is 40.8. The molecule has 19 heteroatoms. The highest BCUT2D eigenvalue weighted by molar-refractivity contribution is 7.93. The number of benzene rings is 2.